The van der Waals surface area contributed by atoms with Crippen LogP contribution in [0.25, 0.3) is 164 Å². The Labute approximate surface area is 949 Å². The maximum Gasteiger partial charge on any atom is 0.0352 e. The minimum atomic E-state index is -2.32. The fraction of sp³-hybridized carbons (Fsp3) is 0.261. The van der Waals surface area contributed by atoms with E-state index >= 15 is 0 Å². The van der Waals surface area contributed by atoms with Crippen molar-refractivity contribution in [3.8, 4) is 67.5 Å². The quantitative estimate of drug-likeness (QED) is 0.106. The molecular weight excluding hydrogens is 2320 g/mol. The standard InChI is InChI=1S/C35H34N.C32H30N.C30H26N.2C14H14N.C13H12N.3Ir/c1-24-23-36-34(22-32(24)25-15-19-35(20-16-25)17-7-2-8-18-35)26-13-14-31-29-11-4-3-9-27(29)28-10-5-6-12-30(28)33(31)21-26;1-21-20-33-31(19-29(21)22-14-16-32(2,3)17-15-22)23-12-13-28-26-10-5-4-8-24(26)25-9-6-7-11-27(25)30(28)18-23;1-20-19-31-30(18-28(20)21-9-3-2-4-10-21)22-15-16-27-25-13-6-5-11-23(25)24-12-7-8-14-26(24)29(27)17-22;2*1-10-4-6-13(7-5-10)14-8-11(2)12(3)9-15-14;1-10-8-13(14-9-11(10)2)12-6-4-3-5-7-12;;;/h3-6,9-12,14,21-23,25H,2,7-8,15-20H2,1H3;4-11,13,18-20,22H,14-17H2,1-3H3;5-8,11-14,16-19,21H,2-4,9-10H2,1H3;2*4-6,8-9H,1-3H3;3-6,8-9H,1-2H3;;;/q6*-1;;;/i1D3,25D;1D3,22D;1D3,21D;2*1D3,3D3;2D3;;;. The molecule has 147 heavy (non-hydrogen) atoms. The summed E-state index contributed by atoms with van der Waals surface area (Å²) in [5.41, 5.74) is 14.6. The van der Waals surface area contributed by atoms with E-state index in [9.17, 15) is 4.11 Å². The summed E-state index contributed by atoms with van der Waals surface area (Å²) < 4.78 is 212. The van der Waals surface area contributed by atoms with Crippen LogP contribution in [0, 0.1) is 123 Å². The second-order valence-electron chi connectivity index (χ2n) is 39.6. The van der Waals surface area contributed by atoms with E-state index in [1.807, 2.05) is 60.7 Å². The first-order valence-corrected chi connectivity index (χ1v) is 50.1. The van der Waals surface area contributed by atoms with Gasteiger partial charge in [-0.15, -0.1) is 178 Å². The van der Waals surface area contributed by atoms with Gasteiger partial charge in [-0.25, -0.2) is 0 Å². The van der Waals surface area contributed by atoms with Gasteiger partial charge in [-0.1, -0.05) is 313 Å². The van der Waals surface area contributed by atoms with Gasteiger partial charge in [-0.05, 0) is 300 Å². The van der Waals surface area contributed by atoms with Crippen LogP contribution in [0.15, 0.2) is 316 Å². The van der Waals surface area contributed by atoms with Crippen LogP contribution in [0.1, 0.15) is 262 Å². The third-order valence-corrected chi connectivity index (χ3v) is 29.7. The van der Waals surface area contributed by atoms with Crippen LogP contribution in [0.3, 0.4) is 0 Å². The first-order valence-electron chi connectivity index (χ1n) is 63.6. The molecule has 1 spiro atoms. The molecule has 0 atom stereocenters. The summed E-state index contributed by atoms with van der Waals surface area (Å²) in [4.78, 5) is 26.3. The monoisotopic (exact) mass is 2480 g/mol. The number of pyridine rings is 6. The molecule has 4 aliphatic rings. The van der Waals surface area contributed by atoms with E-state index in [2.05, 4.69) is 244 Å². The summed E-state index contributed by atoms with van der Waals surface area (Å²) >= 11 is 0. The Morgan fingerprint density at radius 1 is 0.238 bits per heavy atom. The van der Waals surface area contributed by atoms with E-state index in [0.717, 1.165) is 116 Å². The van der Waals surface area contributed by atoms with E-state index in [-0.39, 0.29) is 105 Å². The van der Waals surface area contributed by atoms with Gasteiger partial charge >= 0.3 is 0 Å². The normalized spacial score (nSPS) is 19.2. The van der Waals surface area contributed by atoms with Crippen molar-refractivity contribution in [1.82, 2.24) is 29.9 Å². The van der Waals surface area contributed by atoms with Crippen molar-refractivity contribution in [2.75, 3.05) is 0 Å². The molecule has 3 radical (unpaired) electrons. The summed E-state index contributed by atoms with van der Waals surface area (Å²) in [7, 11) is 0. The van der Waals surface area contributed by atoms with E-state index in [4.69, 9.17) is 32.9 Å². The zero-order chi connectivity index (χ0) is 122. The molecule has 0 aliphatic heterocycles. The van der Waals surface area contributed by atoms with Crippen molar-refractivity contribution < 1.29 is 97.3 Å². The molecule has 0 saturated heterocycles. The van der Waals surface area contributed by atoms with Gasteiger partial charge in [-0.2, -0.15) is 0 Å². The maximum absolute atomic E-state index is 9.58. The minimum absolute atomic E-state index is 0. The summed E-state index contributed by atoms with van der Waals surface area (Å²) in [6.07, 6.45) is 25.8. The predicted molar refractivity (Wildman–Crippen MR) is 608 cm³/mol. The van der Waals surface area contributed by atoms with Crippen LogP contribution >= 0.6 is 0 Å². The molecule has 0 bridgehead atoms. The summed E-state index contributed by atoms with van der Waals surface area (Å²) in [6.45, 7) is -8.06. The molecule has 4 saturated carbocycles. The molecule has 4 aliphatic carbocycles. The molecule has 0 amide bonds. The number of fused-ring (bicyclic) bond motifs is 18. The van der Waals surface area contributed by atoms with E-state index in [0.29, 0.717) is 117 Å². The fourth-order valence-electron chi connectivity index (χ4n) is 21.4. The minimum Gasteiger partial charge on any atom is -0.304 e. The Balaban J connectivity index is 0.000000141. The number of hydrogen-bond donors (Lipinski definition) is 0. The van der Waals surface area contributed by atoms with Crippen LogP contribution in [0.4, 0.5) is 0 Å². The number of benzene rings is 15. The second-order valence-corrected chi connectivity index (χ2v) is 39.6. The van der Waals surface area contributed by atoms with Crippen molar-refractivity contribution in [2.45, 2.75) is 223 Å². The van der Waals surface area contributed by atoms with Gasteiger partial charge in [0.25, 0.3) is 0 Å². The summed E-state index contributed by atoms with van der Waals surface area (Å²) in [5.74, 6) is -2.74. The smallest absolute Gasteiger partial charge is 0.0352 e. The molecule has 25 rings (SSSR count). The molecule has 6 nitrogen and oxygen atoms in total. The number of hydrogen-bond acceptors (Lipinski definition) is 6. The molecule has 745 valence electrons. The van der Waals surface area contributed by atoms with Gasteiger partial charge in [0.1, 0.15) is 0 Å². The summed E-state index contributed by atoms with van der Waals surface area (Å²) in [6, 6.07) is 110. The van der Waals surface area contributed by atoms with Crippen molar-refractivity contribution in [2.24, 2.45) is 10.8 Å². The molecule has 9 heteroatoms. The Kier molecular flexibility index (Phi) is 24.5. The van der Waals surface area contributed by atoms with Crippen LogP contribution in [-0.4, -0.2) is 29.9 Å². The Hall–Kier alpha value is -12.5. The van der Waals surface area contributed by atoms with Gasteiger partial charge < -0.3 is 29.9 Å². The van der Waals surface area contributed by atoms with Gasteiger partial charge in [0.15, 0.2) is 0 Å². The number of aryl methyl sites for hydroxylation is 11. The zero-order valence-electron chi connectivity index (χ0n) is 110. The fourth-order valence-corrected chi connectivity index (χ4v) is 21.4. The number of rotatable bonds is 9. The van der Waals surface area contributed by atoms with E-state index in [1.165, 1.54) is 153 Å². The second kappa shape index (κ2) is 47.3. The largest absolute Gasteiger partial charge is 0.304 e. The van der Waals surface area contributed by atoms with Crippen LogP contribution in [-0.2, 0) is 60.3 Å². The third kappa shape index (κ3) is 23.6. The van der Waals surface area contributed by atoms with Crippen LogP contribution in [0.2, 0.25) is 0 Å². The number of aromatic nitrogens is 6. The first-order chi connectivity index (χ1) is 80.8. The van der Waals surface area contributed by atoms with E-state index in [1.54, 1.807) is 51.1 Å². The Morgan fingerprint density at radius 2 is 0.510 bits per heavy atom. The van der Waals surface area contributed by atoms with Gasteiger partial charge in [0.2, 0.25) is 0 Å². The maximum atomic E-state index is 9.58. The molecule has 6 aromatic heterocycles. The third-order valence-electron chi connectivity index (χ3n) is 29.7. The van der Waals surface area contributed by atoms with Crippen molar-refractivity contribution in [3.63, 3.8) is 0 Å². The zero-order valence-corrected chi connectivity index (χ0v) is 90.1. The van der Waals surface area contributed by atoms with Crippen LogP contribution < -0.4 is 0 Å². The molecule has 0 N–H and O–H groups in total. The van der Waals surface area contributed by atoms with Crippen LogP contribution in [0.5, 0.6) is 0 Å². The molecule has 21 aromatic rings. The van der Waals surface area contributed by atoms with Gasteiger partial charge in [0, 0.05) is 135 Å². The SMILES string of the molecule is [2H]C([2H])([2H])c1c[c-]c(-c2cc(C)c(C([2H])([2H])[2H])cn2)cc1.[2H]C([2H])([2H])c1c[c-]c(-c2cc(C)c(C([2H])([2H])[2H])cn2)cc1.[2H]C([2H])([2H])c1cnc(-c2[c-]cc3c4ccccc4c4ccccc4c3c2)cc1C1([2H])CCC(C)(C)CC1.[2H]C([2H])([2H])c1cnc(-c2[c-]cc3c4ccccc4c4ccccc4c3c2)cc1C1([2H])CCC2(CCCCC2)CC1.[2H]C([2H])([2H])c1cnc(-c2[c-]cc3c4ccccc4c4ccccc4c3c2)cc1C1([2H])CCCCC1.[2H]C([2H])([2H])c1cnc(-c2[c-]cccc2)cc1C.[Ir].[Ir].[Ir]. The topological polar surface area (TPSA) is 77.3 Å². The molecule has 0 unspecified atom stereocenters. The molecular formula is C138H130Ir3N6-6. The molecule has 15 aromatic carbocycles. The Bertz CT molecular complexity index is 9250. The van der Waals surface area contributed by atoms with Crippen molar-refractivity contribution in [3.05, 3.63) is 431 Å². The molecule has 4 fully saturated rings. The average molecular weight is 2480 g/mol. The summed E-state index contributed by atoms with van der Waals surface area (Å²) in [5, 5.41) is 21.1. The van der Waals surface area contributed by atoms with Gasteiger partial charge in [0.05, 0.1) is 0 Å². The van der Waals surface area contributed by atoms with E-state index < -0.39 is 72.5 Å². The Morgan fingerprint density at radius 3 is 0.803 bits per heavy atom. The molecule has 6 heterocycles. The van der Waals surface area contributed by atoms with Gasteiger partial charge in [-0.3, -0.25) is 0 Å². The average Bonchev–Trinajstić information content (AvgIpc) is 0.739. The van der Waals surface area contributed by atoms with Crippen molar-refractivity contribution >= 4 is 97.0 Å². The first kappa shape index (κ1) is 76.1. The predicted octanol–water partition coefficient (Wildman–Crippen LogP) is 37.4. The number of nitrogens with zero attached hydrogens (tertiary/aromatic N) is 6. The van der Waals surface area contributed by atoms with Crippen molar-refractivity contribution in [1.29, 1.82) is 0 Å².